The molecule has 3 aromatic rings. The largest absolute Gasteiger partial charge is 0.469 e. The summed E-state index contributed by atoms with van der Waals surface area (Å²) in [5, 5.41) is 9.63. The molecule has 0 aliphatic heterocycles. The molecule has 0 saturated heterocycles. The van der Waals surface area contributed by atoms with Gasteiger partial charge in [0, 0.05) is 24.7 Å². The third-order valence-electron chi connectivity index (χ3n) is 3.51. The number of anilines is 1. The van der Waals surface area contributed by atoms with Gasteiger partial charge >= 0.3 is 0 Å². The molecular weight excluding hydrogens is 320 g/mol. The molecule has 2 heterocycles. The molecule has 0 fully saturated rings. The first-order chi connectivity index (χ1) is 12.2. The molecule has 3 rings (SSSR count). The summed E-state index contributed by atoms with van der Waals surface area (Å²) in [5.41, 5.74) is 1.10. The Labute approximate surface area is 144 Å². The van der Waals surface area contributed by atoms with Crippen molar-refractivity contribution in [3.63, 3.8) is 0 Å². The van der Waals surface area contributed by atoms with E-state index in [1.54, 1.807) is 36.7 Å². The van der Waals surface area contributed by atoms with E-state index in [2.05, 4.69) is 15.7 Å². The van der Waals surface area contributed by atoms with Gasteiger partial charge < -0.3 is 15.1 Å². The lowest BCUT2D eigenvalue weighted by Gasteiger charge is -2.04. The second-order valence-electron chi connectivity index (χ2n) is 5.43. The lowest BCUT2D eigenvalue weighted by Crippen LogP contribution is -2.29. The Kier molecular flexibility index (Phi) is 5.26. The molecule has 7 nitrogen and oxygen atoms in total. The minimum atomic E-state index is -0.219. The summed E-state index contributed by atoms with van der Waals surface area (Å²) in [4.78, 5) is 24.0. The lowest BCUT2D eigenvalue weighted by atomic mass is 10.2. The van der Waals surface area contributed by atoms with Crippen LogP contribution >= 0.6 is 0 Å². The normalized spacial score (nSPS) is 10.4. The predicted octanol–water partition coefficient (Wildman–Crippen LogP) is 2.09. The van der Waals surface area contributed by atoms with Gasteiger partial charge in [-0.1, -0.05) is 18.2 Å². The van der Waals surface area contributed by atoms with Crippen LogP contribution in [0.3, 0.4) is 0 Å². The number of amides is 2. The van der Waals surface area contributed by atoms with Crippen molar-refractivity contribution in [2.75, 3.05) is 11.9 Å². The van der Waals surface area contributed by atoms with E-state index in [0.29, 0.717) is 24.2 Å². The molecule has 25 heavy (non-hydrogen) atoms. The number of aromatic nitrogens is 2. The molecule has 0 atom stereocenters. The van der Waals surface area contributed by atoms with Gasteiger partial charge in [-0.2, -0.15) is 5.10 Å². The minimum Gasteiger partial charge on any atom is -0.469 e. The van der Waals surface area contributed by atoms with Gasteiger partial charge in [0.1, 0.15) is 12.3 Å². The molecule has 7 heteroatoms. The highest BCUT2D eigenvalue weighted by Crippen LogP contribution is 2.08. The Balaban J connectivity index is 1.46. The zero-order valence-electron chi connectivity index (χ0n) is 13.5. The number of benzene rings is 1. The van der Waals surface area contributed by atoms with Crippen LogP contribution in [0.4, 0.5) is 5.69 Å². The van der Waals surface area contributed by atoms with E-state index in [1.165, 1.54) is 10.9 Å². The van der Waals surface area contributed by atoms with Gasteiger partial charge in [0.15, 0.2) is 0 Å². The van der Waals surface area contributed by atoms with Crippen LogP contribution in [-0.4, -0.2) is 28.1 Å². The van der Waals surface area contributed by atoms with Crippen molar-refractivity contribution < 1.29 is 14.0 Å². The minimum absolute atomic E-state index is 0.0827. The van der Waals surface area contributed by atoms with Crippen LogP contribution in [0.2, 0.25) is 0 Å². The smallest absolute Gasteiger partial charge is 0.255 e. The molecule has 128 valence electrons. The summed E-state index contributed by atoms with van der Waals surface area (Å²) in [6.07, 6.45) is 5.37. The van der Waals surface area contributed by atoms with E-state index in [9.17, 15) is 9.59 Å². The number of nitrogens with zero attached hydrogens (tertiary/aromatic N) is 2. The average Bonchev–Trinajstić information content (AvgIpc) is 3.28. The van der Waals surface area contributed by atoms with Crippen LogP contribution in [0.5, 0.6) is 0 Å². The van der Waals surface area contributed by atoms with E-state index in [1.807, 2.05) is 18.2 Å². The first-order valence-corrected chi connectivity index (χ1v) is 7.88. The lowest BCUT2D eigenvalue weighted by molar-refractivity contribution is -0.121. The van der Waals surface area contributed by atoms with Crippen molar-refractivity contribution in [2.24, 2.45) is 0 Å². The monoisotopic (exact) mass is 338 g/mol. The zero-order valence-corrected chi connectivity index (χ0v) is 13.5. The summed E-state index contributed by atoms with van der Waals surface area (Å²) >= 11 is 0. The maximum Gasteiger partial charge on any atom is 0.255 e. The van der Waals surface area contributed by atoms with Crippen molar-refractivity contribution in [3.05, 3.63) is 72.4 Å². The molecule has 0 radical (unpaired) electrons. The number of rotatable bonds is 7. The van der Waals surface area contributed by atoms with Crippen molar-refractivity contribution in [1.82, 2.24) is 15.1 Å². The number of hydrogen-bond donors (Lipinski definition) is 2. The summed E-state index contributed by atoms with van der Waals surface area (Å²) in [6, 6.07) is 12.6. The van der Waals surface area contributed by atoms with Gasteiger partial charge in [-0.3, -0.25) is 14.3 Å². The maximum absolute atomic E-state index is 12.1. The maximum atomic E-state index is 12.1. The molecule has 2 aromatic heterocycles. The van der Waals surface area contributed by atoms with Gasteiger partial charge in [-0.15, -0.1) is 0 Å². The molecule has 1 aromatic carbocycles. The Morgan fingerprint density at radius 2 is 1.96 bits per heavy atom. The topological polar surface area (TPSA) is 89.2 Å². The van der Waals surface area contributed by atoms with E-state index in [0.717, 1.165) is 5.76 Å². The number of carbonyl (C=O) groups excluding carboxylic acids is 2. The Morgan fingerprint density at radius 1 is 1.12 bits per heavy atom. The first-order valence-electron chi connectivity index (χ1n) is 7.88. The number of nitrogens with one attached hydrogen (secondary N) is 2. The first kappa shape index (κ1) is 16.5. The SMILES string of the molecule is O=C(Cn1cc(NC(=O)c2ccccc2)cn1)NCCc1ccco1. The van der Waals surface area contributed by atoms with Crippen LogP contribution in [-0.2, 0) is 17.8 Å². The molecule has 0 bridgehead atoms. The predicted molar refractivity (Wildman–Crippen MR) is 92.0 cm³/mol. The van der Waals surface area contributed by atoms with Crippen molar-refractivity contribution in [2.45, 2.75) is 13.0 Å². The molecule has 0 saturated carbocycles. The molecule has 2 N–H and O–H groups in total. The third kappa shape index (κ3) is 4.81. The quantitative estimate of drug-likeness (QED) is 0.690. The summed E-state index contributed by atoms with van der Waals surface area (Å²) in [6.45, 7) is 0.574. The second-order valence-corrected chi connectivity index (χ2v) is 5.43. The van der Waals surface area contributed by atoms with Gasteiger partial charge in [0.2, 0.25) is 5.91 Å². The van der Waals surface area contributed by atoms with E-state index in [-0.39, 0.29) is 18.4 Å². The third-order valence-corrected chi connectivity index (χ3v) is 3.51. The second kappa shape index (κ2) is 7.96. The molecular formula is C18H18N4O3. The molecule has 0 aliphatic rings. The van der Waals surface area contributed by atoms with Gasteiger partial charge in [0.25, 0.3) is 5.91 Å². The zero-order chi connectivity index (χ0) is 17.5. The number of carbonyl (C=O) groups is 2. The van der Waals surface area contributed by atoms with E-state index in [4.69, 9.17) is 4.42 Å². The van der Waals surface area contributed by atoms with Crippen LogP contribution < -0.4 is 10.6 Å². The highest BCUT2D eigenvalue weighted by atomic mass is 16.3. The fourth-order valence-corrected chi connectivity index (χ4v) is 2.29. The van der Waals surface area contributed by atoms with Crippen molar-refractivity contribution >= 4 is 17.5 Å². The molecule has 0 spiro atoms. The average molecular weight is 338 g/mol. The van der Waals surface area contributed by atoms with E-state index >= 15 is 0 Å². The standard InChI is InChI=1S/C18H18N4O3/c23-17(19-9-8-16-7-4-10-25-16)13-22-12-15(11-20-22)21-18(24)14-5-2-1-3-6-14/h1-7,10-12H,8-9,13H2,(H,19,23)(H,21,24). The van der Waals surface area contributed by atoms with Crippen LogP contribution in [0.15, 0.2) is 65.5 Å². The van der Waals surface area contributed by atoms with Crippen molar-refractivity contribution in [3.8, 4) is 0 Å². The summed E-state index contributed by atoms with van der Waals surface area (Å²) in [5.74, 6) is 0.448. The molecule has 0 unspecified atom stereocenters. The Bertz CT molecular complexity index is 825. The van der Waals surface area contributed by atoms with Crippen LogP contribution in [0.25, 0.3) is 0 Å². The number of hydrogen-bond acceptors (Lipinski definition) is 4. The Hall–Kier alpha value is -3.35. The Morgan fingerprint density at radius 3 is 2.72 bits per heavy atom. The van der Waals surface area contributed by atoms with Gasteiger partial charge in [-0.05, 0) is 24.3 Å². The fraction of sp³-hybridized carbons (Fsp3) is 0.167. The fourth-order valence-electron chi connectivity index (χ4n) is 2.29. The summed E-state index contributed by atoms with van der Waals surface area (Å²) in [7, 11) is 0. The molecule has 0 aliphatic carbocycles. The van der Waals surface area contributed by atoms with Crippen LogP contribution in [0, 0.1) is 0 Å². The highest BCUT2D eigenvalue weighted by molar-refractivity contribution is 6.04. The van der Waals surface area contributed by atoms with Crippen LogP contribution in [0.1, 0.15) is 16.1 Å². The van der Waals surface area contributed by atoms with Gasteiger partial charge in [-0.25, -0.2) is 0 Å². The highest BCUT2D eigenvalue weighted by Gasteiger charge is 2.08. The van der Waals surface area contributed by atoms with Gasteiger partial charge in [0.05, 0.1) is 18.1 Å². The summed E-state index contributed by atoms with van der Waals surface area (Å²) < 4.78 is 6.68. The van der Waals surface area contributed by atoms with E-state index < -0.39 is 0 Å². The molecule has 2 amide bonds. The van der Waals surface area contributed by atoms with Crippen molar-refractivity contribution in [1.29, 1.82) is 0 Å². The number of furan rings is 1.